The summed E-state index contributed by atoms with van der Waals surface area (Å²) in [5.74, 6) is 0.248. The van der Waals surface area contributed by atoms with Crippen LogP contribution in [0.5, 0.6) is 11.5 Å². The fraction of sp³-hybridized carbons (Fsp3) is 0.379. The maximum absolute atomic E-state index is 13.0. The van der Waals surface area contributed by atoms with E-state index in [9.17, 15) is 9.59 Å². The monoisotopic (exact) mass is 475 g/mol. The van der Waals surface area contributed by atoms with Crippen LogP contribution in [-0.2, 0) is 20.9 Å². The molecule has 1 heterocycles. The van der Waals surface area contributed by atoms with Crippen molar-refractivity contribution in [2.24, 2.45) is 0 Å². The molecular weight excluding hydrogens is 442 g/mol. The van der Waals surface area contributed by atoms with Crippen LogP contribution in [0.1, 0.15) is 59.9 Å². The van der Waals surface area contributed by atoms with E-state index in [2.05, 4.69) is 38.2 Å². The number of allylic oxidation sites excluding steroid dienone is 3. The van der Waals surface area contributed by atoms with Crippen molar-refractivity contribution in [2.45, 2.75) is 59.5 Å². The molecule has 0 saturated heterocycles. The standard InChI is InChI=1S/C29H33NO5/c1-16-12-17(2)21(18(3)13-16)15-35-24-11-10-20(14-25(24)33-5)27-26(29(32)34-6)19(4)30-22-8-7-9-23(31)28(22)27/h10-14,27,30H,7-9,15H2,1-6H3/t27-/m1/s1. The van der Waals surface area contributed by atoms with Gasteiger partial charge in [-0.1, -0.05) is 23.8 Å². The van der Waals surface area contributed by atoms with Crippen LogP contribution in [0.15, 0.2) is 52.9 Å². The molecule has 1 atom stereocenters. The van der Waals surface area contributed by atoms with E-state index in [1.807, 2.05) is 25.1 Å². The Morgan fingerprint density at radius 1 is 1.00 bits per heavy atom. The van der Waals surface area contributed by atoms with E-state index in [0.29, 0.717) is 41.4 Å². The second-order valence-electron chi connectivity index (χ2n) is 9.33. The lowest BCUT2D eigenvalue weighted by Gasteiger charge is -2.34. The van der Waals surface area contributed by atoms with Gasteiger partial charge in [0.1, 0.15) is 6.61 Å². The Labute approximate surface area is 207 Å². The van der Waals surface area contributed by atoms with Crippen molar-refractivity contribution >= 4 is 11.8 Å². The summed E-state index contributed by atoms with van der Waals surface area (Å²) in [5, 5.41) is 3.29. The van der Waals surface area contributed by atoms with Gasteiger partial charge in [0.25, 0.3) is 0 Å². The largest absolute Gasteiger partial charge is 0.493 e. The highest BCUT2D eigenvalue weighted by Crippen LogP contribution is 2.44. The summed E-state index contributed by atoms with van der Waals surface area (Å²) in [6.45, 7) is 8.53. The van der Waals surface area contributed by atoms with Gasteiger partial charge < -0.3 is 19.5 Å². The van der Waals surface area contributed by atoms with E-state index < -0.39 is 11.9 Å². The van der Waals surface area contributed by atoms with Gasteiger partial charge in [0.2, 0.25) is 0 Å². The van der Waals surface area contributed by atoms with Crippen molar-refractivity contribution in [3.05, 3.63) is 80.7 Å². The molecule has 2 aromatic rings. The molecule has 1 N–H and O–H groups in total. The number of Topliss-reactive ketones (excluding diaryl/α,β-unsaturated/α-hetero) is 1. The lowest BCUT2D eigenvalue weighted by Crippen LogP contribution is -2.34. The maximum Gasteiger partial charge on any atom is 0.336 e. The molecule has 1 aliphatic heterocycles. The highest BCUT2D eigenvalue weighted by molar-refractivity contribution is 6.03. The van der Waals surface area contributed by atoms with Crippen LogP contribution in [0.25, 0.3) is 0 Å². The van der Waals surface area contributed by atoms with Crippen molar-refractivity contribution in [1.82, 2.24) is 5.32 Å². The Kier molecular flexibility index (Phi) is 7.01. The molecule has 0 bridgehead atoms. The van der Waals surface area contributed by atoms with E-state index in [0.717, 1.165) is 29.7 Å². The molecule has 2 aliphatic rings. The van der Waals surface area contributed by atoms with Crippen LogP contribution in [0.4, 0.5) is 0 Å². The number of carbonyl (C=O) groups is 2. The van der Waals surface area contributed by atoms with Crippen LogP contribution < -0.4 is 14.8 Å². The van der Waals surface area contributed by atoms with Gasteiger partial charge >= 0.3 is 5.97 Å². The molecule has 6 heteroatoms. The summed E-state index contributed by atoms with van der Waals surface area (Å²) in [6, 6.07) is 9.93. The molecule has 35 heavy (non-hydrogen) atoms. The van der Waals surface area contributed by atoms with Crippen molar-refractivity contribution in [3.63, 3.8) is 0 Å². The van der Waals surface area contributed by atoms with E-state index >= 15 is 0 Å². The number of ether oxygens (including phenoxy) is 3. The molecule has 184 valence electrons. The number of dihydropyridines is 1. The van der Waals surface area contributed by atoms with Gasteiger partial charge in [-0.2, -0.15) is 0 Å². The number of nitrogens with one attached hydrogen (secondary N) is 1. The third-order valence-electron chi connectivity index (χ3n) is 6.91. The molecule has 0 saturated carbocycles. The third kappa shape index (κ3) is 4.70. The summed E-state index contributed by atoms with van der Waals surface area (Å²) in [4.78, 5) is 25.8. The number of rotatable bonds is 6. The zero-order chi connectivity index (χ0) is 25.3. The van der Waals surface area contributed by atoms with Gasteiger partial charge in [-0.3, -0.25) is 4.79 Å². The molecule has 0 spiro atoms. The molecule has 0 aromatic heterocycles. The number of aryl methyl sites for hydroxylation is 3. The number of hydrogen-bond acceptors (Lipinski definition) is 6. The lowest BCUT2D eigenvalue weighted by molar-refractivity contribution is -0.136. The van der Waals surface area contributed by atoms with Gasteiger partial charge in [-0.05, 0) is 74.9 Å². The van der Waals surface area contributed by atoms with Crippen molar-refractivity contribution < 1.29 is 23.8 Å². The van der Waals surface area contributed by atoms with E-state index in [1.165, 1.54) is 23.8 Å². The van der Waals surface area contributed by atoms with E-state index in [-0.39, 0.29) is 5.78 Å². The SMILES string of the molecule is COC(=O)C1=C(C)NC2=C(C(=O)CCC2)[C@@H]1c1ccc(OCc2c(C)cc(C)cc2C)c(OC)c1. The molecule has 2 aromatic carbocycles. The molecular formula is C29H33NO5. The minimum absolute atomic E-state index is 0.0577. The van der Waals surface area contributed by atoms with Gasteiger partial charge in [0.05, 0.1) is 19.8 Å². The summed E-state index contributed by atoms with van der Waals surface area (Å²) in [6.07, 6.45) is 2.04. The molecule has 0 unspecified atom stereocenters. The molecule has 1 aliphatic carbocycles. The second-order valence-corrected chi connectivity index (χ2v) is 9.33. The summed E-state index contributed by atoms with van der Waals surface area (Å²) in [7, 11) is 2.95. The minimum atomic E-state index is -0.518. The average molecular weight is 476 g/mol. The number of ketones is 1. The third-order valence-corrected chi connectivity index (χ3v) is 6.91. The predicted octanol–water partition coefficient (Wildman–Crippen LogP) is 5.34. The second kappa shape index (κ2) is 9.98. The Morgan fingerprint density at radius 2 is 1.71 bits per heavy atom. The first-order valence-electron chi connectivity index (χ1n) is 11.9. The number of hydrogen-bond donors (Lipinski definition) is 1. The normalized spacial score (nSPS) is 17.7. The molecule has 0 amide bonds. The zero-order valence-electron chi connectivity index (χ0n) is 21.3. The summed E-state index contributed by atoms with van der Waals surface area (Å²) < 4.78 is 17.0. The fourth-order valence-electron chi connectivity index (χ4n) is 5.27. The fourth-order valence-corrected chi connectivity index (χ4v) is 5.27. The first kappa shape index (κ1) is 24.6. The Hall–Kier alpha value is -3.54. The number of methoxy groups -OCH3 is 2. The Morgan fingerprint density at radius 3 is 2.37 bits per heavy atom. The highest BCUT2D eigenvalue weighted by atomic mass is 16.5. The quantitative estimate of drug-likeness (QED) is 0.569. The molecule has 0 fully saturated rings. The van der Waals surface area contributed by atoms with Gasteiger partial charge in [-0.25, -0.2) is 4.79 Å². The predicted molar refractivity (Wildman–Crippen MR) is 134 cm³/mol. The van der Waals surface area contributed by atoms with E-state index in [1.54, 1.807) is 7.11 Å². The molecule has 4 rings (SSSR count). The van der Waals surface area contributed by atoms with Crippen molar-refractivity contribution in [1.29, 1.82) is 0 Å². The first-order chi connectivity index (χ1) is 16.7. The molecule has 6 nitrogen and oxygen atoms in total. The maximum atomic E-state index is 13.0. The zero-order valence-corrected chi connectivity index (χ0v) is 21.3. The smallest absolute Gasteiger partial charge is 0.336 e. The molecule has 0 radical (unpaired) electrons. The number of benzene rings is 2. The van der Waals surface area contributed by atoms with Gasteiger partial charge in [-0.15, -0.1) is 0 Å². The topological polar surface area (TPSA) is 73.9 Å². The Balaban J connectivity index is 1.72. The minimum Gasteiger partial charge on any atom is -0.493 e. The van der Waals surface area contributed by atoms with Crippen molar-refractivity contribution in [2.75, 3.05) is 14.2 Å². The van der Waals surface area contributed by atoms with Crippen LogP contribution in [0.3, 0.4) is 0 Å². The lowest BCUT2D eigenvalue weighted by atomic mass is 9.75. The van der Waals surface area contributed by atoms with Crippen LogP contribution in [0, 0.1) is 20.8 Å². The van der Waals surface area contributed by atoms with E-state index in [4.69, 9.17) is 14.2 Å². The van der Waals surface area contributed by atoms with Crippen LogP contribution in [0.2, 0.25) is 0 Å². The summed E-state index contributed by atoms with van der Waals surface area (Å²) in [5.41, 5.74) is 8.23. The Bertz CT molecular complexity index is 1230. The van der Waals surface area contributed by atoms with Gasteiger partial charge in [0, 0.05) is 29.3 Å². The number of carbonyl (C=O) groups excluding carboxylic acids is 2. The first-order valence-corrected chi connectivity index (χ1v) is 11.9. The highest BCUT2D eigenvalue weighted by Gasteiger charge is 2.39. The average Bonchev–Trinajstić information content (AvgIpc) is 2.82. The van der Waals surface area contributed by atoms with Gasteiger partial charge in [0.15, 0.2) is 17.3 Å². The summed E-state index contributed by atoms with van der Waals surface area (Å²) >= 11 is 0. The van der Waals surface area contributed by atoms with Crippen LogP contribution in [-0.4, -0.2) is 26.0 Å². The number of esters is 1. The van der Waals surface area contributed by atoms with Crippen molar-refractivity contribution in [3.8, 4) is 11.5 Å². The van der Waals surface area contributed by atoms with Crippen LogP contribution >= 0.6 is 0 Å².